The first kappa shape index (κ1) is 19.9. The van der Waals surface area contributed by atoms with Crippen molar-refractivity contribution in [1.29, 1.82) is 0 Å². The number of benzene rings is 2. The summed E-state index contributed by atoms with van der Waals surface area (Å²) in [5.74, 6) is -6.44. The second kappa shape index (κ2) is 7.67. The molecule has 0 saturated heterocycles. The van der Waals surface area contributed by atoms with Crippen LogP contribution in [0.4, 0.5) is 8.78 Å². The smallest absolute Gasteiger partial charge is 0.322 e. The molecule has 9 heteroatoms. The molecule has 0 radical (unpaired) electrons. The minimum atomic E-state index is -1.70. The Labute approximate surface area is 167 Å². The van der Waals surface area contributed by atoms with Crippen LogP contribution in [0.5, 0.6) is 5.75 Å². The molecule has 1 aliphatic heterocycles. The number of amides is 2. The lowest BCUT2D eigenvalue weighted by atomic mass is 9.87. The fourth-order valence-electron chi connectivity index (χ4n) is 3.03. The van der Waals surface area contributed by atoms with E-state index in [4.69, 9.17) is 4.74 Å². The highest BCUT2D eigenvalue weighted by molar-refractivity contribution is 9.10. The molecule has 2 aromatic rings. The zero-order valence-electron chi connectivity index (χ0n) is 14.8. The third-order valence-electron chi connectivity index (χ3n) is 4.42. The molecule has 3 rings (SSSR count). The topological polar surface area (TPSA) is 72.9 Å². The minimum absolute atomic E-state index is 0.0611. The van der Waals surface area contributed by atoms with Crippen molar-refractivity contribution in [3.05, 3.63) is 63.1 Å². The van der Waals surface area contributed by atoms with E-state index in [-0.39, 0.29) is 16.9 Å². The molecule has 0 spiro atoms. The maximum absolute atomic E-state index is 14.8. The Morgan fingerprint density at radius 3 is 2.50 bits per heavy atom. The van der Waals surface area contributed by atoms with Crippen LogP contribution in [0.3, 0.4) is 0 Å². The summed E-state index contributed by atoms with van der Waals surface area (Å²) in [5, 5.41) is 0. The van der Waals surface area contributed by atoms with Gasteiger partial charge in [-0.05, 0) is 24.3 Å². The molecule has 0 aromatic heterocycles. The fraction of sp³-hybridized carbons (Fsp3) is 0.211. The van der Waals surface area contributed by atoms with Crippen molar-refractivity contribution in [3.8, 4) is 5.75 Å². The third kappa shape index (κ3) is 3.26. The number of methoxy groups -OCH3 is 2. The molecule has 0 aliphatic carbocycles. The number of carbonyl (C=O) groups excluding carboxylic acids is 3. The van der Waals surface area contributed by atoms with E-state index < -0.39 is 47.4 Å². The lowest BCUT2D eigenvalue weighted by Gasteiger charge is -2.31. The molecule has 6 nitrogen and oxygen atoms in total. The van der Waals surface area contributed by atoms with Crippen molar-refractivity contribution in [1.82, 2.24) is 4.90 Å². The van der Waals surface area contributed by atoms with Gasteiger partial charge in [0.1, 0.15) is 5.82 Å². The summed E-state index contributed by atoms with van der Waals surface area (Å²) in [5.41, 5.74) is -0.537. The van der Waals surface area contributed by atoms with E-state index in [1.54, 1.807) is 6.07 Å². The quantitative estimate of drug-likeness (QED) is 0.403. The highest BCUT2D eigenvalue weighted by Crippen LogP contribution is 2.37. The lowest BCUT2D eigenvalue weighted by Crippen LogP contribution is -2.47. The molecule has 1 unspecified atom stereocenters. The molecule has 28 heavy (non-hydrogen) atoms. The van der Waals surface area contributed by atoms with E-state index >= 15 is 0 Å². The Morgan fingerprint density at radius 1 is 1.18 bits per heavy atom. The number of nitrogens with zero attached hydrogens (tertiary/aromatic N) is 1. The molecular weight excluding hydrogens is 440 g/mol. The second-order valence-corrected chi connectivity index (χ2v) is 6.88. The van der Waals surface area contributed by atoms with E-state index in [1.807, 2.05) is 0 Å². The molecule has 146 valence electrons. The number of halogens is 3. The number of esters is 1. The van der Waals surface area contributed by atoms with Gasteiger partial charge in [0.25, 0.3) is 5.91 Å². The van der Waals surface area contributed by atoms with Gasteiger partial charge >= 0.3 is 5.97 Å². The number of fused-ring (bicyclic) bond motifs is 1. The first-order chi connectivity index (χ1) is 13.3. The van der Waals surface area contributed by atoms with E-state index in [1.165, 1.54) is 31.4 Å². The van der Waals surface area contributed by atoms with Gasteiger partial charge in [-0.3, -0.25) is 19.3 Å². The number of hydrogen-bond donors (Lipinski definition) is 0. The summed E-state index contributed by atoms with van der Waals surface area (Å²) in [7, 11) is 2.26. The normalized spacial score (nSPS) is 16.0. The second-order valence-electron chi connectivity index (χ2n) is 5.96. The van der Waals surface area contributed by atoms with Gasteiger partial charge in [0, 0.05) is 21.2 Å². The molecule has 0 fully saturated rings. The average Bonchev–Trinajstić information content (AvgIpc) is 2.67. The maximum Gasteiger partial charge on any atom is 0.322 e. The largest absolute Gasteiger partial charge is 0.494 e. The lowest BCUT2D eigenvalue weighted by molar-refractivity contribution is -0.149. The van der Waals surface area contributed by atoms with E-state index in [9.17, 15) is 23.2 Å². The molecule has 1 aliphatic rings. The van der Waals surface area contributed by atoms with Crippen molar-refractivity contribution < 1.29 is 32.6 Å². The zero-order valence-corrected chi connectivity index (χ0v) is 16.4. The number of hydrogen-bond acceptors (Lipinski definition) is 5. The van der Waals surface area contributed by atoms with Gasteiger partial charge in [0.2, 0.25) is 5.91 Å². The van der Waals surface area contributed by atoms with Crippen LogP contribution in [0.15, 0.2) is 34.8 Å². The van der Waals surface area contributed by atoms with Crippen LogP contribution in [0, 0.1) is 11.6 Å². The van der Waals surface area contributed by atoms with E-state index in [0.717, 1.165) is 7.11 Å². The summed E-state index contributed by atoms with van der Waals surface area (Å²) >= 11 is 3.12. The molecule has 1 atom stereocenters. The standard InChI is InChI=1S/C19H14BrF2NO5/c1-27-13-6-5-11-14(16(13)22)15(19(26)28-2)18(25)23(17(11)24)8-9-3-4-10(20)7-12(9)21/h3-7,15H,8H2,1-2H3. The van der Waals surface area contributed by atoms with Gasteiger partial charge in [-0.15, -0.1) is 0 Å². The van der Waals surface area contributed by atoms with Crippen molar-refractivity contribution in [2.45, 2.75) is 12.5 Å². The van der Waals surface area contributed by atoms with Gasteiger partial charge in [0.15, 0.2) is 17.5 Å². The van der Waals surface area contributed by atoms with Gasteiger partial charge < -0.3 is 9.47 Å². The predicted molar refractivity (Wildman–Crippen MR) is 96.7 cm³/mol. The molecule has 2 amide bonds. The first-order valence-corrected chi connectivity index (χ1v) is 8.83. The maximum atomic E-state index is 14.8. The highest BCUT2D eigenvalue weighted by Gasteiger charge is 2.46. The third-order valence-corrected chi connectivity index (χ3v) is 4.92. The Morgan fingerprint density at radius 2 is 1.89 bits per heavy atom. The van der Waals surface area contributed by atoms with Crippen LogP contribution in [0.25, 0.3) is 0 Å². The number of rotatable bonds is 4. The Bertz CT molecular complexity index is 995. The molecule has 0 saturated carbocycles. The fourth-order valence-corrected chi connectivity index (χ4v) is 3.36. The van der Waals surface area contributed by atoms with Crippen molar-refractivity contribution in [2.75, 3.05) is 14.2 Å². The first-order valence-electron chi connectivity index (χ1n) is 8.04. The van der Waals surface area contributed by atoms with Crippen LogP contribution >= 0.6 is 15.9 Å². The summed E-state index contributed by atoms with van der Waals surface area (Å²) in [6, 6.07) is 6.61. The molecular formula is C19H14BrF2NO5. The van der Waals surface area contributed by atoms with Crippen molar-refractivity contribution >= 4 is 33.7 Å². The van der Waals surface area contributed by atoms with Crippen LogP contribution in [0.2, 0.25) is 0 Å². The monoisotopic (exact) mass is 453 g/mol. The van der Waals surface area contributed by atoms with E-state index in [0.29, 0.717) is 9.37 Å². The number of imide groups is 1. The molecule has 0 N–H and O–H groups in total. The van der Waals surface area contributed by atoms with Gasteiger partial charge in [0.05, 0.1) is 20.8 Å². The molecule has 1 heterocycles. The van der Waals surface area contributed by atoms with Gasteiger partial charge in [-0.25, -0.2) is 8.78 Å². The molecule has 0 bridgehead atoms. The Kier molecular flexibility index (Phi) is 5.46. The van der Waals surface area contributed by atoms with Crippen LogP contribution < -0.4 is 4.74 Å². The summed E-state index contributed by atoms with van der Waals surface area (Å²) in [6.07, 6.45) is 0. The van der Waals surface area contributed by atoms with Gasteiger partial charge in [-0.1, -0.05) is 22.0 Å². The van der Waals surface area contributed by atoms with Crippen LogP contribution in [0.1, 0.15) is 27.4 Å². The van der Waals surface area contributed by atoms with Crippen LogP contribution in [-0.2, 0) is 20.9 Å². The van der Waals surface area contributed by atoms with E-state index in [2.05, 4.69) is 20.7 Å². The SMILES string of the molecule is COC(=O)C1C(=O)N(Cc2ccc(Br)cc2F)C(=O)c2ccc(OC)c(F)c21. The van der Waals surface area contributed by atoms with Crippen molar-refractivity contribution in [3.63, 3.8) is 0 Å². The summed E-state index contributed by atoms with van der Waals surface area (Å²) < 4.78 is 39.0. The summed E-state index contributed by atoms with van der Waals surface area (Å²) in [4.78, 5) is 38.7. The Balaban J connectivity index is 2.12. The zero-order chi connectivity index (χ0) is 20.6. The number of ether oxygens (including phenoxy) is 2. The number of carbonyl (C=O) groups is 3. The highest BCUT2D eigenvalue weighted by atomic mass is 79.9. The predicted octanol–water partition coefficient (Wildman–Crippen LogP) is 3.18. The average molecular weight is 454 g/mol. The molecule has 2 aromatic carbocycles. The summed E-state index contributed by atoms with van der Waals surface area (Å²) in [6.45, 7) is -0.419. The minimum Gasteiger partial charge on any atom is -0.494 e. The van der Waals surface area contributed by atoms with Crippen molar-refractivity contribution in [2.24, 2.45) is 0 Å². The van der Waals surface area contributed by atoms with Crippen LogP contribution in [-0.4, -0.2) is 36.9 Å². The Hall–Kier alpha value is -2.81. The van der Waals surface area contributed by atoms with Gasteiger partial charge in [-0.2, -0.15) is 0 Å².